The van der Waals surface area contributed by atoms with Crippen molar-refractivity contribution < 1.29 is 4.39 Å². The van der Waals surface area contributed by atoms with Gasteiger partial charge >= 0.3 is 0 Å². The first-order valence-corrected chi connectivity index (χ1v) is 5.90. The van der Waals surface area contributed by atoms with E-state index < -0.39 is 0 Å². The Hall–Kier alpha value is -0.850. The number of alkyl halides is 1. The van der Waals surface area contributed by atoms with Crippen molar-refractivity contribution in [2.45, 2.75) is 44.4 Å². The van der Waals surface area contributed by atoms with Gasteiger partial charge in [0, 0.05) is 5.41 Å². The quantitative estimate of drug-likeness (QED) is 0.681. The summed E-state index contributed by atoms with van der Waals surface area (Å²) in [6.07, 6.45) is 5.67. The molecule has 1 aromatic carbocycles. The molecular weight excluding hydrogens is 187 g/mol. The highest BCUT2D eigenvalue weighted by Crippen LogP contribution is 2.39. The number of hydrogen-bond donors (Lipinski definition) is 0. The van der Waals surface area contributed by atoms with Crippen molar-refractivity contribution in [2.24, 2.45) is 0 Å². The average molecular weight is 206 g/mol. The van der Waals surface area contributed by atoms with E-state index in [1.54, 1.807) is 0 Å². The maximum absolute atomic E-state index is 13.4. The molecule has 1 aromatic rings. The van der Waals surface area contributed by atoms with Gasteiger partial charge in [-0.25, -0.2) is 0 Å². The number of benzene rings is 1. The van der Waals surface area contributed by atoms with Crippen LogP contribution in [0.3, 0.4) is 0 Å². The molecule has 0 nitrogen and oxygen atoms in total. The molecule has 0 spiro atoms. The van der Waals surface area contributed by atoms with Gasteiger partial charge in [0.1, 0.15) is 0 Å². The molecule has 0 N–H and O–H groups in total. The summed E-state index contributed by atoms with van der Waals surface area (Å²) in [5, 5.41) is 0. The van der Waals surface area contributed by atoms with Crippen LogP contribution in [0.25, 0.3) is 0 Å². The molecule has 15 heavy (non-hydrogen) atoms. The van der Waals surface area contributed by atoms with Gasteiger partial charge in [-0.05, 0) is 25.3 Å². The summed E-state index contributed by atoms with van der Waals surface area (Å²) in [5.41, 5.74) is 2.29. The van der Waals surface area contributed by atoms with Crippen LogP contribution in [0.1, 0.15) is 43.2 Å². The van der Waals surface area contributed by atoms with E-state index in [1.165, 1.54) is 30.4 Å². The predicted molar refractivity (Wildman–Crippen MR) is 61.9 cm³/mol. The number of hydrogen-bond acceptors (Lipinski definition) is 0. The van der Waals surface area contributed by atoms with Crippen LogP contribution in [0.4, 0.5) is 4.39 Å². The first-order valence-electron chi connectivity index (χ1n) is 5.90. The third kappa shape index (κ3) is 2.06. The summed E-state index contributed by atoms with van der Waals surface area (Å²) >= 11 is 0. The summed E-state index contributed by atoms with van der Waals surface area (Å²) < 4.78 is 13.4. The Kier molecular flexibility index (Phi) is 3.08. The predicted octanol–water partition coefficient (Wildman–Crippen LogP) is 4.17. The number of rotatable bonds is 2. The fraction of sp³-hybridized carbons (Fsp3) is 0.571. The molecule has 0 radical (unpaired) electrons. The molecule has 2 rings (SSSR count). The number of halogens is 1. The lowest BCUT2D eigenvalue weighted by Gasteiger charge is -2.35. The van der Waals surface area contributed by atoms with E-state index >= 15 is 0 Å². The lowest BCUT2D eigenvalue weighted by Crippen LogP contribution is -2.31. The summed E-state index contributed by atoms with van der Waals surface area (Å²) in [6, 6.07) is 8.39. The summed E-state index contributed by atoms with van der Waals surface area (Å²) in [4.78, 5) is 0. The summed E-state index contributed by atoms with van der Waals surface area (Å²) in [6.45, 7) is 1.88. The molecule has 0 bridgehead atoms. The largest absolute Gasteiger partial charge is 0.250 e. The molecule has 1 fully saturated rings. The van der Waals surface area contributed by atoms with Gasteiger partial charge in [0.15, 0.2) is 0 Å². The van der Waals surface area contributed by atoms with Crippen molar-refractivity contribution in [3.8, 4) is 0 Å². The zero-order valence-electron chi connectivity index (χ0n) is 9.43. The van der Waals surface area contributed by atoms with Gasteiger partial charge in [-0.15, -0.1) is 0 Å². The second kappa shape index (κ2) is 4.34. The van der Waals surface area contributed by atoms with Crippen LogP contribution in [-0.4, -0.2) is 6.67 Å². The second-order valence-corrected chi connectivity index (χ2v) is 4.84. The van der Waals surface area contributed by atoms with E-state index in [0.717, 1.165) is 12.8 Å². The maximum Gasteiger partial charge on any atom is 0.0990 e. The van der Waals surface area contributed by atoms with Crippen molar-refractivity contribution in [1.82, 2.24) is 0 Å². The summed E-state index contributed by atoms with van der Waals surface area (Å²) in [7, 11) is 0. The fourth-order valence-corrected chi connectivity index (χ4v) is 2.70. The molecule has 0 saturated heterocycles. The van der Waals surface area contributed by atoms with E-state index in [-0.39, 0.29) is 12.1 Å². The third-order valence-electron chi connectivity index (χ3n) is 3.70. The van der Waals surface area contributed by atoms with E-state index in [0.29, 0.717) is 0 Å². The van der Waals surface area contributed by atoms with Crippen LogP contribution in [0.2, 0.25) is 0 Å². The summed E-state index contributed by atoms with van der Waals surface area (Å²) in [5.74, 6) is 0. The molecule has 0 heterocycles. The first-order chi connectivity index (χ1) is 7.27. The molecule has 0 aromatic heterocycles. The lowest BCUT2D eigenvalue weighted by molar-refractivity contribution is 0.226. The monoisotopic (exact) mass is 206 g/mol. The van der Waals surface area contributed by atoms with Crippen molar-refractivity contribution in [2.75, 3.05) is 6.67 Å². The zero-order chi connectivity index (χ0) is 10.7. The van der Waals surface area contributed by atoms with Gasteiger partial charge in [0.05, 0.1) is 6.67 Å². The Labute approximate surface area is 91.5 Å². The molecule has 0 unspecified atom stereocenters. The molecule has 82 valence electrons. The van der Waals surface area contributed by atoms with Crippen LogP contribution < -0.4 is 0 Å². The van der Waals surface area contributed by atoms with E-state index in [4.69, 9.17) is 0 Å². The minimum Gasteiger partial charge on any atom is -0.250 e. The highest BCUT2D eigenvalue weighted by Gasteiger charge is 2.33. The topological polar surface area (TPSA) is 0 Å². The zero-order valence-corrected chi connectivity index (χ0v) is 9.43. The molecule has 0 amide bonds. The molecule has 1 aliphatic carbocycles. The van der Waals surface area contributed by atoms with Crippen LogP contribution in [-0.2, 0) is 5.41 Å². The van der Waals surface area contributed by atoms with Crippen molar-refractivity contribution in [3.05, 3.63) is 35.4 Å². The molecule has 1 aliphatic rings. The second-order valence-electron chi connectivity index (χ2n) is 4.84. The molecule has 1 saturated carbocycles. The third-order valence-corrected chi connectivity index (χ3v) is 3.70. The number of aryl methyl sites for hydroxylation is 1. The van der Waals surface area contributed by atoms with Gasteiger partial charge in [-0.3, -0.25) is 4.39 Å². The van der Waals surface area contributed by atoms with Gasteiger partial charge in [0.2, 0.25) is 0 Å². The van der Waals surface area contributed by atoms with Crippen molar-refractivity contribution in [3.63, 3.8) is 0 Å². The fourth-order valence-electron chi connectivity index (χ4n) is 2.70. The Morgan fingerprint density at radius 3 is 2.53 bits per heavy atom. The Balaban J connectivity index is 2.32. The smallest absolute Gasteiger partial charge is 0.0990 e. The van der Waals surface area contributed by atoms with E-state index in [9.17, 15) is 4.39 Å². The van der Waals surface area contributed by atoms with E-state index in [2.05, 4.69) is 31.2 Å². The average Bonchev–Trinajstić information content (AvgIpc) is 2.30. The highest BCUT2D eigenvalue weighted by molar-refractivity contribution is 5.30. The van der Waals surface area contributed by atoms with Crippen LogP contribution in [0.5, 0.6) is 0 Å². The van der Waals surface area contributed by atoms with Gasteiger partial charge in [-0.2, -0.15) is 0 Å². The minimum atomic E-state index is -0.198. The highest BCUT2D eigenvalue weighted by atomic mass is 19.1. The molecular formula is C14H19F. The van der Waals surface area contributed by atoms with Crippen molar-refractivity contribution in [1.29, 1.82) is 0 Å². The van der Waals surface area contributed by atoms with Gasteiger partial charge < -0.3 is 0 Å². The lowest BCUT2D eigenvalue weighted by atomic mass is 9.70. The van der Waals surface area contributed by atoms with Crippen LogP contribution >= 0.6 is 0 Å². The molecule has 0 atom stereocenters. The molecule has 0 aliphatic heterocycles. The Morgan fingerprint density at radius 1 is 1.20 bits per heavy atom. The SMILES string of the molecule is Cc1cccc(C2(CF)CCCCC2)c1. The Bertz CT molecular complexity index is 324. The maximum atomic E-state index is 13.4. The molecule has 1 heteroatoms. The Morgan fingerprint density at radius 2 is 1.93 bits per heavy atom. The van der Waals surface area contributed by atoms with Gasteiger partial charge in [-0.1, -0.05) is 49.1 Å². The van der Waals surface area contributed by atoms with Gasteiger partial charge in [0.25, 0.3) is 0 Å². The minimum absolute atomic E-state index is 0.162. The standard InChI is InChI=1S/C14H19F/c1-12-6-5-7-13(10-12)14(11-15)8-3-2-4-9-14/h5-7,10H,2-4,8-9,11H2,1H3. The van der Waals surface area contributed by atoms with E-state index in [1.807, 2.05) is 0 Å². The first kappa shape index (κ1) is 10.7. The van der Waals surface area contributed by atoms with Crippen LogP contribution in [0, 0.1) is 6.92 Å². The normalized spacial score (nSPS) is 20.1. The van der Waals surface area contributed by atoms with Crippen molar-refractivity contribution >= 4 is 0 Å². The van der Waals surface area contributed by atoms with Crippen LogP contribution in [0.15, 0.2) is 24.3 Å².